The van der Waals surface area contributed by atoms with E-state index in [4.69, 9.17) is 4.74 Å². The van der Waals surface area contributed by atoms with Crippen molar-refractivity contribution in [3.05, 3.63) is 41.5 Å². The average molecular weight is 283 g/mol. The van der Waals surface area contributed by atoms with E-state index in [2.05, 4.69) is 36.4 Å². The van der Waals surface area contributed by atoms with Gasteiger partial charge in [-0.15, -0.1) is 0 Å². The number of amides is 1. The first-order valence-corrected chi connectivity index (χ1v) is 7.98. The molecule has 4 rings (SSSR count). The number of carbonyl (C=O) groups is 1. The Kier molecular flexibility index (Phi) is 3.11. The number of allylic oxidation sites excluding steroid dienone is 1. The largest absolute Gasteiger partial charge is 0.368 e. The lowest BCUT2D eigenvalue weighted by Crippen LogP contribution is -2.47. The van der Waals surface area contributed by atoms with Gasteiger partial charge in [0.2, 0.25) is 0 Å². The van der Waals surface area contributed by atoms with Crippen molar-refractivity contribution in [1.82, 2.24) is 4.90 Å². The highest BCUT2D eigenvalue weighted by Gasteiger charge is 2.40. The van der Waals surface area contributed by atoms with Crippen LogP contribution in [0.25, 0.3) is 6.08 Å². The number of fused-ring (bicyclic) bond motifs is 2. The normalized spacial score (nSPS) is 26.3. The minimum Gasteiger partial charge on any atom is -0.368 e. The Morgan fingerprint density at radius 3 is 2.81 bits per heavy atom. The number of rotatable bonds is 1. The lowest BCUT2D eigenvalue weighted by molar-refractivity contribution is -0.142. The van der Waals surface area contributed by atoms with E-state index in [1.165, 1.54) is 11.1 Å². The molecule has 2 saturated heterocycles. The van der Waals surface area contributed by atoms with Crippen molar-refractivity contribution in [1.29, 1.82) is 0 Å². The van der Waals surface area contributed by atoms with Crippen LogP contribution in [0.3, 0.4) is 0 Å². The SMILES string of the molecule is O=C([C@@H]1CCCO1)N1CCC2(C=Cc3ccccc32)CC1. The van der Waals surface area contributed by atoms with Crippen molar-refractivity contribution in [2.45, 2.75) is 37.2 Å². The second-order valence-electron chi connectivity index (χ2n) is 6.40. The smallest absolute Gasteiger partial charge is 0.251 e. The minimum atomic E-state index is -0.176. The molecular weight excluding hydrogens is 262 g/mol. The van der Waals surface area contributed by atoms with Gasteiger partial charge in [0.25, 0.3) is 5.91 Å². The van der Waals surface area contributed by atoms with Gasteiger partial charge in [-0.2, -0.15) is 0 Å². The molecule has 2 fully saturated rings. The molecule has 1 spiro atoms. The molecule has 1 amide bonds. The van der Waals surface area contributed by atoms with Crippen molar-refractivity contribution in [3.63, 3.8) is 0 Å². The summed E-state index contributed by atoms with van der Waals surface area (Å²) in [7, 11) is 0. The van der Waals surface area contributed by atoms with Crippen molar-refractivity contribution < 1.29 is 9.53 Å². The topological polar surface area (TPSA) is 29.5 Å². The van der Waals surface area contributed by atoms with Crippen LogP contribution in [0.1, 0.15) is 36.8 Å². The maximum Gasteiger partial charge on any atom is 0.251 e. The third-order valence-corrected chi connectivity index (χ3v) is 5.25. The summed E-state index contributed by atoms with van der Waals surface area (Å²) in [6.07, 6.45) is 8.38. The van der Waals surface area contributed by atoms with Crippen LogP contribution in [0.4, 0.5) is 0 Å². The number of benzene rings is 1. The summed E-state index contributed by atoms with van der Waals surface area (Å²) >= 11 is 0. The van der Waals surface area contributed by atoms with E-state index in [9.17, 15) is 4.79 Å². The molecule has 1 aromatic carbocycles. The van der Waals surface area contributed by atoms with E-state index in [0.29, 0.717) is 0 Å². The maximum absolute atomic E-state index is 12.4. The second-order valence-corrected chi connectivity index (χ2v) is 6.40. The molecule has 110 valence electrons. The summed E-state index contributed by atoms with van der Waals surface area (Å²) in [6.45, 7) is 2.43. The molecule has 1 aromatic rings. The summed E-state index contributed by atoms with van der Waals surface area (Å²) < 4.78 is 5.54. The zero-order valence-corrected chi connectivity index (χ0v) is 12.3. The third-order valence-electron chi connectivity index (χ3n) is 5.25. The molecule has 0 radical (unpaired) electrons. The fourth-order valence-corrected chi connectivity index (χ4v) is 3.97. The first-order chi connectivity index (χ1) is 10.3. The van der Waals surface area contributed by atoms with Crippen molar-refractivity contribution >= 4 is 12.0 Å². The van der Waals surface area contributed by atoms with Gasteiger partial charge in [-0.3, -0.25) is 4.79 Å². The Labute approximate surface area is 125 Å². The van der Waals surface area contributed by atoms with E-state index in [0.717, 1.165) is 45.4 Å². The monoisotopic (exact) mass is 283 g/mol. The van der Waals surface area contributed by atoms with Gasteiger partial charge in [0.1, 0.15) is 6.10 Å². The molecule has 0 bridgehead atoms. The van der Waals surface area contributed by atoms with Crippen molar-refractivity contribution in [2.75, 3.05) is 19.7 Å². The molecule has 2 aliphatic heterocycles. The number of ether oxygens (including phenoxy) is 1. The second kappa shape index (κ2) is 4.99. The van der Waals surface area contributed by atoms with Gasteiger partial charge in [0, 0.05) is 25.1 Å². The number of likely N-dealkylation sites (tertiary alicyclic amines) is 1. The lowest BCUT2D eigenvalue weighted by Gasteiger charge is -2.40. The first kappa shape index (κ1) is 13.1. The standard InChI is InChI=1S/C18H21NO2/c20-17(16-6-3-13-21-16)19-11-9-18(10-12-19)8-7-14-4-1-2-5-15(14)18/h1-2,4-5,7-8,16H,3,6,9-13H2/t16-/m0/s1. The average Bonchev–Trinajstić information content (AvgIpc) is 3.17. The quantitative estimate of drug-likeness (QED) is 0.793. The highest BCUT2D eigenvalue weighted by molar-refractivity contribution is 5.81. The number of carbonyl (C=O) groups excluding carboxylic acids is 1. The molecule has 3 aliphatic rings. The van der Waals surface area contributed by atoms with Gasteiger partial charge in [-0.05, 0) is 36.8 Å². The van der Waals surface area contributed by atoms with Crippen LogP contribution in [-0.2, 0) is 14.9 Å². The Bertz CT molecular complexity index is 579. The van der Waals surface area contributed by atoms with E-state index >= 15 is 0 Å². The number of piperidine rings is 1. The summed E-state index contributed by atoms with van der Waals surface area (Å²) in [6, 6.07) is 8.65. The Balaban J connectivity index is 1.48. The third kappa shape index (κ3) is 2.11. The number of hydrogen-bond donors (Lipinski definition) is 0. The summed E-state index contributed by atoms with van der Waals surface area (Å²) in [5.74, 6) is 0.206. The van der Waals surface area contributed by atoms with Crippen LogP contribution in [0.5, 0.6) is 0 Å². The van der Waals surface area contributed by atoms with Gasteiger partial charge in [0.15, 0.2) is 0 Å². The molecule has 0 unspecified atom stereocenters. The number of nitrogens with zero attached hydrogens (tertiary/aromatic N) is 1. The first-order valence-electron chi connectivity index (χ1n) is 7.98. The van der Waals surface area contributed by atoms with E-state index in [-0.39, 0.29) is 17.4 Å². The molecule has 0 saturated carbocycles. The summed E-state index contributed by atoms with van der Waals surface area (Å²) in [5, 5.41) is 0. The predicted molar refractivity (Wildman–Crippen MR) is 81.9 cm³/mol. The van der Waals surface area contributed by atoms with Gasteiger partial charge in [0.05, 0.1) is 0 Å². The molecule has 0 N–H and O–H groups in total. The molecule has 2 heterocycles. The molecule has 21 heavy (non-hydrogen) atoms. The maximum atomic E-state index is 12.4. The fourth-order valence-electron chi connectivity index (χ4n) is 3.97. The summed E-state index contributed by atoms with van der Waals surface area (Å²) in [5.41, 5.74) is 2.94. The Morgan fingerprint density at radius 2 is 2.05 bits per heavy atom. The summed E-state index contributed by atoms with van der Waals surface area (Å²) in [4.78, 5) is 14.4. The molecule has 3 nitrogen and oxygen atoms in total. The Hall–Kier alpha value is -1.61. The van der Waals surface area contributed by atoms with E-state index < -0.39 is 0 Å². The molecule has 1 atom stereocenters. The van der Waals surface area contributed by atoms with Crippen LogP contribution >= 0.6 is 0 Å². The highest BCUT2D eigenvalue weighted by Crippen LogP contribution is 2.43. The van der Waals surface area contributed by atoms with Crippen molar-refractivity contribution in [3.8, 4) is 0 Å². The van der Waals surface area contributed by atoms with Crippen LogP contribution in [0.2, 0.25) is 0 Å². The van der Waals surface area contributed by atoms with Crippen LogP contribution in [-0.4, -0.2) is 36.6 Å². The molecule has 3 heteroatoms. The van der Waals surface area contributed by atoms with Crippen LogP contribution in [0, 0.1) is 0 Å². The fraction of sp³-hybridized carbons (Fsp3) is 0.500. The number of hydrogen-bond acceptors (Lipinski definition) is 2. The van der Waals surface area contributed by atoms with Crippen molar-refractivity contribution in [2.24, 2.45) is 0 Å². The highest BCUT2D eigenvalue weighted by atomic mass is 16.5. The zero-order valence-electron chi connectivity index (χ0n) is 12.3. The van der Waals surface area contributed by atoms with Gasteiger partial charge in [-0.1, -0.05) is 36.4 Å². The van der Waals surface area contributed by atoms with E-state index in [1.807, 2.05) is 4.90 Å². The minimum absolute atomic E-state index is 0.157. The lowest BCUT2D eigenvalue weighted by atomic mass is 9.74. The zero-order chi connectivity index (χ0) is 14.3. The molecular formula is C18H21NO2. The van der Waals surface area contributed by atoms with E-state index in [1.54, 1.807) is 0 Å². The Morgan fingerprint density at radius 1 is 1.24 bits per heavy atom. The van der Waals surface area contributed by atoms with Crippen LogP contribution in [0.15, 0.2) is 30.3 Å². The van der Waals surface area contributed by atoms with Gasteiger partial charge < -0.3 is 9.64 Å². The van der Waals surface area contributed by atoms with Crippen LogP contribution < -0.4 is 0 Å². The molecule has 1 aliphatic carbocycles. The van der Waals surface area contributed by atoms with Gasteiger partial charge in [-0.25, -0.2) is 0 Å². The predicted octanol–water partition coefficient (Wildman–Crippen LogP) is 2.75. The van der Waals surface area contributed by atoms with Gasteiger partial charge >= 0.3 is 0 Å². The molecule has 0 aromatic heterocycles.